The maximum atomic E-state index is 11.2. The Morgan fingerprint density at radius 1 is 1.20 bits per heavy atom. The SMILES string of the molecule is CCC(C)(OC)C(C)(O)[C@@](C)(CO)OCn1cnc2c(N)ncnc21. The molecule has 2 heterocycles. The van der Waals surface area contributed by atoms with Crippen LogP contribution in [0.15, 0.2) is 12.7 Å². The van der Waals surface area contributed by atoms with E-state index < -0.39 is 23.4 Å². The molecule has 9 heteroatoms. The number of hydrogen-bond acceptors (Lipinski definition) is 8. The average molecular weight is 353 g/mol. The second kappa shape index (κ2) is 6.83. The summed E-state index contributed by atoms with van der Waals surface area (Å²) < 4.78 is 13.1. The third kappa shape index (κ3) is 3.08. The lowest BCUT2D eigenvalue weighted by Crippen LogP contribution is -2.66. The molecular weight excluding hydrogens is 326 g/mol. The minimum Gasteiger partial charge on any atom is -0.393 e. The standard InChI is InChI=1S/C16H27N5O4/c1-6-14(2,24-5)16(4,23)15(3,7-22)25-10-21-9-20-11-12(17)18-8-19-13(11)21/h8-9,22-23H,6-7,10H2,1-5H3,(H2,17,18,19)/t14?,15-,16?/m1/s1. The number of nitrogen functional groups attached to an aromatic ring is 1. The van der Waals surface area contributed by atoms with E-state index in [1.165, 1.54) is 19.8 Å². The first kappa shape index (κ1) is 19.5. The van der Waals surface area contributed by atoms with E-state index in [9.17, 15) is 10.2 Å². The molecule has 0 radical (unpaired) electrons. The number of hydrogen-bond donors (Lipinski definition) is 3. The van der Waals surface area contributed by atoms with Crippen LogP contribution in [0.3, 0.4) is 0 Å². The molecular formula is C16H27N5O4. The highest BCUT2D eigenvalue weighted by molar-refractivity contribution is 5.80. The lowest BCUT2D eigenvalue weighted by Gasteiger charge is -2.50. The molecule has 140 valence electrons. The Morgan fingerprint density at radius 3 is 2.44 bits per heavy atom. The van der Waals surface area contributed by atoms with Crippen molar-refractivity contribution in [2.45, 2.75) is 57.6 Å². The van der Waals surface area contributed by atoms with Crippen molar-refractivity contribution < 1.29 is 19.7 Å². The summed E-state index contributed by atoms with van der Waals surface area (Å²) >= 11 is 0. The molecule has 9 nitrogen and oxygen atoms in total. The van der Waals surface area contributed by atoms with Crippen molar-refractivity contribution >= 4 is 17.0 Å². The molecule has 4 N–H and O–H groups in total. The molecule has 0 aliphatic heterocycles. The monoisotopic (exact) mass is 353 g/mol. The minimum absolute atomic E-state index is 0.0175. The molecule has 0 saturated heterocycles. The van der Waals surface area contributed by atoms with Crippen molar-refractivity contribution in [3.8, 4) is 0 Å². The van der Waals surface area contributed by atoms with Gasteiger partial charge in [0.05, 0.1) is 18.5 Å². The van der Waals surface area contributed by atoms with Crippen molar-refractivity contribution in [2.24, 2.45) is 0 Å². The van der Waals surface area contributed by atoms with Crippen LogP contribution < -0.4 is 5.73 Å². The van der Waals surface area contributed by atoms with E-state index in [1.54, 1.807) is 25.3 Å². The van der Waals surface area contributed by atoms with Crippen molar-refractivity contribution in [3.63, 3.8) is 0 Å². The van der Waals surface area contributed by atoms with Gasteiger partial charge in [0, 0.05) is 7.11 Å². The minimum atomic E-state index is -1.47. The summed E-state index contributed by atoms with van der Waals surface area (Å²) in [5, 5.41) is 21.1. The van der Waals surface area contributed by atoms with E-state index in [4.69, 9.17) is 15.2 Å². The van der Waals surface area contributed by atoms with Gasteiger partial charge in [-0.3, -0.25) is 4.57 Å². The van der Waals surface area contributed by atoms with Gasteiger partial charge in [-0.2, -0.15) is 0 Å². The van der Waals surface area contributed by atoms with Crippen LogP contribution in [0.2, 0.25) is 0 Å². The van der Waals surface area contributed by atoms with Gasteiger partial charge in [-0.1, -0.05) is 6.92 Å². The Morgan fingerprint density at radius 2 is 1.88 bits per heavy atom. The molecule has 0 amide bonds. The third-order valence-electron chi connectivity index (χ3n) is 5.44. The molecule has 0 spiro atoms. The number of nitrogens with zero attached hydrogens (tertiary/aromatic N) is 4. The number of anilines is 1. The first-order valence-electron chi connectivity index (χ1n) is 8.09. The van der Waals surface area contributed by atoms with Crippen molar-refractivity contribution in [3.05, 3.63) is 12.7 Å². The zero-order valence-corrected chi connectivity index (χ0v) is 15.4. The van der Waals surface area contributed by atoms with Crippen LogP contribution in [0.1, 0.15) is 34.1 Å². The zero-order chi connectivity index (χ0) is 18.9. The van der Waals surface area contributed by atoms with E-state index in [-0.39, 0.29) is 12.5 Å². The Labute approximate surface area is 146 Å². The quantitative estimate of drug-likeness (QED) is 0.632. The Bertz CT molecular complexity index is 728. The molecule has 0 aromatic carbocycles. The second-order valence-corrected chi connectivity index (χ2v) is 6.67. The Hall–Kier alpha value is -1.81. The number of nitrogens with two attached hydrogens (primary N) is 1. The molecule has 2 aromatic heterocycles. The first-order chi connectivity index (χ1) is 11.7. The summed E-state index contributed by atoms with van der Waals surface area (Å²) in [6.07, 6.45) is 3.40. The van der Waals surface area contributed by atoms with Gasteiger partial charge in [0.25, 0.3) is 0 Å². The maximum Gasteiger partial charge on any atom is 0.167 e. The molecule has 2 rings (SSSR count). The zero-order valence-electron chi connectivity index (χ0n) is 15.4. The third-order valence-corrected chi connectivity index (χ3v) is 5.44. The Kier molecular flexibility index (Phi) is 5.33. The van der Waals surface area contributed by atoms with Gasteiger partial charge >= 0.3 is 0 Å². The molecule has 0 aliphatic carbocycles. The maximum absolute atomic E-state index is 11.2. The van der Waals surface area contributed by atoms with E-state index in [0.717, 1.165) is 0 Å². The highest BCUT2D eigenvalue weighted by Gasteiger charge is 2.56. The number of fused-ring (bicyclic) bond motifs is 1. The van der Waals surface area contributed by atoms with Crippen molar-refractivity contribution in [2.75, 3.05) is 19.5 Å². The summed E-state index contributed by atoms with van der Waals surface area (Å²) in [5.74, 6) is 0.276. The molecule has 0 fully saturated rings. The number of aliphatic hydroxyl groups excluding tert-OH is 1. The number of rotatable bonds is 8. The van der Waals surface area contributed by atoms with Gasteiger partial charge in [0.2, 0.25) is 0 Å². The van der Waals surface area contributed by atoms with Crippen LogP contribution in [0.5, 0.6) is 0 Å². The molecule has 0 bridgehead atoms. The fraction of sp³-hybridized carbons (Fsp3) is 0.688. The summed E-state index contributed by atoms with van der Waals surface area (Å²) in [6, 6.07) is 0. The van der Waals surface area contributed by atoms with Crippen LogP contribution >= 0.6 is 0 Å². The van der Waals surface area contributed by atoms with E-state index in [2.05, 4.69) is 15.0 Å². The Balaban J connectivity index is 2.30. The van der Waals surface area contributed by atoms with Gasteiger partial charge in [0.15, 0.2) is 11.5 Å². The summed E-state index contributed by atoms with van der Waals surface area (Å²) in [7, 11) is 1.53. The fourth-order valence-corrected chi connectivity index (χ4v) is 2.79. The molecule has 0 saturated carbocycles. The van der Waals surface area contributed by atoms with E-state index >= 15 is 0 Å². The fourth-order valence-electron chi connectivity index (χ4n) is 2.79. The van der Waals surface area contributed by atoms with Gasteiger partial charge in [-0.05, 0) is 27.2 Å². The average Bonchev–Trinajstić information content (AvgIpc) is 3.03. The van der Waals surface area contributed by atoms with Crippen LogP contribution in [-0.2, 0) is 16.2 Å². The summed E-state index contributed by atoms with van der Waals surface area (Å²) in [5.41, 5.74) is 3.09. The number of aliphatic hydroxyl groups is 2. The first-order valence-corrected chi connectivity index (χ1v) is 8.09. The predicted octanol–water partition coefficient (Wildman–Crippen LogP) is 0.700. The topological polar surface area (TPSA) is 129 Å². The number of imidazole rings is 1. The second-order valence-electron chi connectivity index (χ2n) is 6.67. The normalized spacial score (nSPS) is 19.3. The highest BCUT2D eigenvalue weighted by Crippen LogP contribution is 2.39. The molecule has 25 heavy (non-hydrogen) atoms. The van der Waals surface area contributed by atoms with Gasteiger partial charge in [-0.25, -0.2) is 15.0 Å². The van der Waals surface area contributed by atoms with Crippen LogP contribution in [0, 0.1) is 0 Å². The summed E-state index contributed by atoms with van der Waals surface area (Å²) in [4.78, 5) is 12.2. The smallest absolute Gasteiger partial charge is 0.167 e. The van der Waals surface area contributed by atoms with E-state index in [1.807, 2.05) is 6.92 Å². The van der Waals surface area contributed by atoms with Crippen LogP contribution in [0.25, 0.3) is 11.2 Å². The van der Waals surface area contributed by atoms with Crippen molar-refractivity contribution in [1.82, 2.24) is 19.5 Å². The molecule has 2 unspecified atom stereocenters. The number of aromatic nitrogens is 4. The molecule has 3 atom stereocenters. The lowest BCUT2D eigenvalue weighted by molar-refractivity contribution is -0.269. The van der Waals surface area contributed by atoms with Crippen LogP contribution in [-0.4, -0.2) is 60.3 Å². The van der Waals surface area contributed by atoms with Crippen molar-refractivity contribution in [1.29, 1.82) is 0 Å². The van der Waals surface area contributed by atoms with Gasteiger partial charge < -0.3 is 25.4 Å². The highest BCUT2D eigenvalue weighted by atomic mass is 16.6. The lowest BCUT2D eigenvalue weighted by atomic mass is 9.72. The van der Waals surface area contributed by atoms with Gasteiger partial charge in [0.1, 0.15) is 29.8 Å². The van der Waals surface area contributed by atoms with Crippen LogP contribution in [0.4, 0.5) is 5.82 Å². The van der Waals surface area contributed by atoms with E-state index in [0.29, 0.717) is 17.6 Å². The largest absolute Gasteiger partial charge is 0.393 e. The molecule has 2 aromatic rings. The predicted molar refractivity (Wildman–Crippen MR) is 92.6 cm³/mol. The summed E-state index contributed by atoms with van der Waals surface area (Å²) in [6.45, 7) is 6.54. The number of methoxy groups -OCH3 is 1. The number of ether oxygens (including phenoxy) is 2. The molecule has 0 aliphatic rings. The van der Waals surface area contributed by atoms with Gasteiger partial charge in [-0.15, -0.1) is 0 Å².